The van der Waals surface area contributed by atoms with E-state index in [9.17, 15) is 14.4 Å². The van der Waals surface area contributed by atoms with Crippen molar-refractivity contribution in [2.24, 2.45) is 23.7 Å². The van der Waals surface area contributed by atoms with Gasteiger partial charge >= 0.3 is 12.1 Å². The van der Waals surface area contributed by atoms with E-state index in [1.165, 1.54) is 0 Å². The van der Waals surface area contributed by atoms with Gasteiger partial charge in [-0.15, -0.1) is 0 Å². The summed E-state index contributed by atoms with van der Waals surface area (Å²) in [6.07, 6.45) is 1.73. The van der Waals surface area contributed by atoms with E-state index in [2.05, 4.69) is 31.4 Å². The van der Waals surface area contributed by atoms with Gasteiger partial charge in [0.15, 0.2) is 0 Å². The van der Waals surface area contributed by atoms with E-state index in [1.54, 1.807) is 27.9 Å². The highest BCUT2D eigenvalue weighted by Gasteiger charge is 2.42. The number of esters is 1. The number of carbonyl (C=O) groups is 3. The van der Waals surface area contributed by atoms with Crippen molar-refractivity contribution in [3.63, 3.8) is 0 Å². The monoisotopic (exact) mass is 576 g/mol. The molecule has 1 aromatic carbocycles. The van der Waals surface area contributed by atoms with Crippen LogP contribution >= 0.6 is 0 Å². The Morgan fingerprint density at radius 3 is 2.39 bits per heavy atom. The molecule has 1 heterocycles. The van der Waals surface area contributed by atoms with Crippen LogP contribution in [-0.2, 0) is 30.2 Å². The summed E-state index contributed by atoms with van der Waals surface area (Å²) in [7, 11) is 1.65. The molecule has 2 amide bonds. The highest BCUT2D eigenvalue weighted by Crippen LogP contribution is 2.33. The first-order valence-electron chi connectivity index (χ1n) is 15.0. The Bertz CT molecular complexity index is 1000. The number of benzene rings is 1. The molecule has 0 aromatic heterocycles. The van der Waals surface area contributed by atoms with Crippen LogP contribution in [0, 0.1) is 23.7 Å². The predicted octanol–water partition coefficient (Wildman–Crippen LogP) is 6.14. The third-order valence-electron chi connectivity index (χ3n) is 7.44. The average molecular weight is 577 g/mol. The van der Waals surface area contributed by atoms with Gasteiger partial charge in [0.1, 0.15) is 17.5 Å². The van der Waals surface area contributed by atoms with Crippen molar-refractivity contribution in [3.05, 3.63) is 23.8 Å². The Morgan fingerprint density at radius 1 is 1.12 bits per heavy atom. The van der Waals surface area contributed by atoms with Crippen LogP contribution in [0.2, 0.25) is 0 Å². The molecule has 4 atom stereocenters. The minimum Gasteiger partial charge on any atom is -0.491 e. The highest BCUT2D eigenvalue weighted by atomic mass is 16.6. The van der Waals surface area contributed by atoms with Crippen molar-refractivity contribution >= 4 is 23.7 Å². The molecule has 0 aliphatic carbocycles. The number of hydrogen-bond donors (Lipinski definition) is 2. The summed E-state index contributed by atoms with van der Waals surface area (Å²) in [6, 6.07) is 5.35. The first kappa shape index (κ1) is 34.4. The lowest BCUT2D eigenvalue weighted by Crippen LogP contribution is -2.47. The topological polar surface area (TPSA) is 112 Å². The van der Waals surface area contributed by atoms with Gasteiger partial charge in [0.2, 0.25) is 5.91 Å². The number of ether oxygens (including phenoxy) is 4. The number of rotatable bonds is 15. The second-order valence-electron chi connectivity index (χ2n) is 12.7. The SMILES string of the molecule is CCc1ccc(OCCCOC)c(NC(=O)C[C@@H](C[C@H](NC(=O)OC(C)(C)C)[C@H]2C[C@@H](C(C)C)C(=O)O2)C(C)C)c1. The lowest BCUT2D eigenvalue weighted by Gasteiger charge is -2.31. The van der Waals surface area contributed by atoms with Gasteiger partial charge in [-0.1, -0.05) is 40.7 Å². The fourth-order valence-electron chi connectivity index (χ4n) is 4.95. The number of hydrogen-bond acceptors (Lipinski definition) is 7. The zero-order chi connectivity index (χ0) is 30.7. The Labute approximate surface area is 246 Å². The fraction of sp³-hybridized carbons (Fsp3) is 0.719. The van der Waals surface area contributed by atoms with Crippen molar-refractivity contribution in [1.29, 1.82) is 0 Å². The predicted molar refractivity (Wildman–Crippen MR) is 160 cm³/mol. The molecule has 0 radical (unpaired) electrons. The van der Waals surface area contributed by atoms with Gasteiger partial charge < -0.3 is 29.6 Å². The maximum absolute atomic E-state index is 13.4. The highest BCUT2D eigenvalue weighted by molar-refractivity contribution is 5.92. The number of carbonyl (C=O) groups excluding carboxylic acids is 3. The number of anilines is 1. The quantitative estimate of drug-likeness (QED) is 0.191. The van der Waals surface area contributed by atoms with Crippen LogP contribution in [0.3, 0.4) is 0 Å². The standard InChI is InChI=1S/C32H52N2O7/c1-10-22-12-13-27(39-15-11-14-38-9)25(16-22)33-29(35)18-23(20(2)3)17-26(34-31(37)41-32(6,7)8)28-19-24(21(4)5)30(36)40-28/h12-13,16,20-21,23-24,26,28H,10-11,14-15,17-19H2,1-9H3,(H,33,35)(H,34,37)/t23-,24+,26+,28-/m1/s1. The average Bonchev–Trinajstić information content (AvgIpc) is 3.27. The second-order valence-corrected chi connectivity index (χ2v) is 12.7. The third-order valence-corrected chi connectivity index (χ3v) is 7.44. The normalized spacial score (nSPS) is 18.7. The molecule has 1 aromatic rings. The molecule has 232 valence electrons. The van der Waals surface area contributed by atoms with Crippen molar-refractivity contribution in [2.45, 2.75) is 105 Å². The Balaban J connectivity index is 2.20. The molecule has 1 aliphatic heterocycles. The van der Waals surface area contributed by atoms with Gasteiger partial charge in [-0.3, -0.25) is 9.59 Å². The summed E-state index contributed by atoms with van der Waals surface area (Å²) in [5.74, 6) is 0.185. The first-order chi connectivity index (χ1) is 19.2. The molecule has 9 nitrogen and oxygen atoms in total. The molecular formula is C32H52N2O7. The number of amides is 2. The van der Waals surface area contributed by atoms with Crippen LogP contribution in [0.15, 0.2) is 18.2 Å². The summed E-state index contributed by atoms with van der Waals surface area (Å²) >= 11 is 0. The van der Waals surface area contributed by atoms with Crippen LogP contribution < -0.4 is 15.4 Å². The molecule has 2 rings (SSSR count). The van der Waals surface area contributed by atoms with Crippen LogP contribution in [0.4, 0.5) is 10.5 Å². The van der Waals surface area contributed by atoms with Crippen LogP contribution in [-0.4, -0.2) is 56.0 Å². The number of nitrogens with one attached hydrogen (secondary N) is 2. The van der Waals surface area contributed by atoms with E-state index in [4.69, 9.17) is 18.9 Å². The van der Waals surface area contributed by atoms with Gasteiger partial charge in [-0.25, -0.2) is 4.79 Å². The number of methoxy groups -OCH3 is 1. The van der Waals surface area contributed by atoms with Crippen molar-refractivity contribution in [3.8, 4) is 5.75 Å². The first-order valence-corrected chi connectivity index (χ1v) is 15.0. The Kier molecular flexibility index (Phi) is 13.4. The minimum absolute atomic E-state index is 0.0906. The largest absolute Gasteiger partial charge is 0.491 e. The number of aryl methyl sites for hydroxylation is 1. The van der Waals surface area contributed by atoms with Crippen LogP contribution in [0.1, 0.15) is 86.6 Å². The van der Waals surface area contributed by atoms with Crippen molar-refractivity contribution < 1.29 is 33.3 Å². The van der Waals surface area contributed by atoms with Gasteiger partial charge in [0.05, 0.1) is 24.3 Å². The number of alkyl carbamates (subject to hydrolysis) is 1. The molecule has 1 fully saturated rings. The molecule has 0 saturated carbocycles. The van der Waals surface area contributed by atoms with Crippen LogP contribution in [0.5, 0.6) is 5.75 Å². The molecular weight excluding hydrogens is 524 g/mol. The summed E-state index contributed by atoms with van der Waals surface area (Å²) in [4.78, 5) is 38.8. The third kappa shape index (κ3) is 11.5. The van der Waals surface area contributed by atoms with Crippen LogP contribution in [0.25, 0.3) is 0 Å². The van der Waals surface area contributed by atoms with Crippen molar-refractivity contribution in [1.82, 2.24) is 5.32 Å². The lowest BCUT2D eigenvalue weighted by atomic mass is 9.83. The van der Waals surface area contributed by atoms with E-state index in [0.717, 1.165) is 18.4 Å². The Hall–Kier alpha value is -2.81. The van der Waals surface area contributed by atoms with Gasteiger partial charge in [-0.05, 0) is 75.5 Å². The summed E-state index contributed by atoms with van der Waals surface area (Å²) in [5.41, 5.74) is 1.06. The smallest absolute Gasteiger partial charge is 0.408 e. The molecule has 0 spiro atoms. The van der Waals surface area contributed by atoms with Crippen molar-refractivity contribution in [2.75, 3.05) is 25.6 Å². The van der Waals surface area contributed by atoms with E-state index >= 15 is 0 Å². The Morgan fingerprint density at radius 2 is 1.83 bits per heavy atom. The molecule has 0 unspecified atom stereocenters. The molecule has 1 aliphatic rings. The van der Waals surface area contributed by atoms with Gasteiger partial charge in [-0.2, -0.15) is 0 Å². The zero-order valence-corrected chi connectivity index (χ0v) is 26.5. The van der Waals surface area contributed by atoms with E-state index in [0.29, 0.717) is 37.5 Å². The molecule has 1 saturated heterocycles. The lowest BCUT2D eigenvalue weighted by molar-refractivity contribution is -0.146. The van der Waals surface area contributed by atoms with Gasteiger partial charge in [0, 0.05) is 26.6 Å². The molecule has 0 bridgehead atoms. The minimum atomic E-state index is -0.671. The van der Waals surface area contributed by atoms with E-state index < -0.39 is 23.8 Å². The summed E-state index contributed by atoms with van der Waals surface area (Å²) in [5, 5.41) is 6.02. The van der Waals surface area contributed by atoms with Gasteiger partial charge in [0.25, 0.3) is 0 Å². The summed E-state index contributed by atoms with van der Waals surface area (Å²) < 4.78 is 22.3. The molecule has 41 heavy (non-hydrogen) atoms. The molecule has 2 N–H and O–H groups in total. The van der Waals surface area contributed by atoms with E-state index in [-0.39, 0.29) is 42.0 Å². The maximum Gasteiger partial charge on any atom is 0.408 e. The summed E-state index contributed by atoms with van der Waals surface area (Å²) in [6.45, 7) is 16.6. The zero-order valence-electron chi connectivity index (χ0n) is 26.5. The number of cyclic esters (lactones) is 1. The molecule has 9 heteroatoms. The fourth-order valence-corrected chi connectivity index (χ4v) is 4.95. The van der Waals surface area contributed by atoms with E-state index in [1.807, 2.05) is 32.0 Å². The second kappa shape index (κ2) is 16.0. The maximum atomic E-state index is 13.4.